The minimum absolute atomic E-state index is 0.115. The molecule has 0 spiro atoms. The van der Waals surface area contributed by atoms with E-state index in [-0.39, 0.29) is 11.7 Å². The highest BCUT2D eigenvalue weighted by Crippen LogP contribution is 2.16. The average molecular weight is 280 g/mol. The molecule has 2 aromatic rings. The van der Waals surface area contributed by atoms with Crippen molar-refractivity contribution in [3.63, 3.8) is 0 Å². The molecule has 0 aliphatic heterocycles. The van der Waals surface area contributed by atoms with Gasteiger partial charge in [-0.3, -0.25) is 0 Å². The van der Waals surface area contributed by atoms with E-state index in [4.69, 9.17) is 16.9 Å². The molecule has 1 aromatic carbocycles. The number of rotatable bonds is 3. The predicted molar refractivity (Wildman–Crippen MR) is 67.6 cm³/mol. The van der Waals surface area contributed by atoms with Crippen molar-refractivity contribution in [1.82, 2.24) is 4.98 Å². The predicted octanol–water partition coefficient (Wildman–Crippen LogP) is 3.50. The molecule has 0 atom stereocenters. The molecule has 1 N–H and O–H groups in total. The van der Waals surface area contributed by atoms with Crippen LogP contribution < -0.4 is 5.32 Å². The molecular weight excluding hydrogens is 272 g/mol. The summed E-state index contributed by atoms with van der Waals surface area (Å²) in [6, 6.07) is 8.17. The lowest BCUT2D eigenvalue weighted by Gasteiger charge is -2.07. The van der Waals surface area contributed by atoms with Crippen molar-refractivity contribution in [3.8, 4) is 6.07 Å². The lowest BCUT2D eigenvalue weighted by Crippen LogP contribution is -2.04. The Labute approximate surface area is 113 Å². The van der Waals surface area contributed by atoms with Gasteiger partial charge in [-0.2, -0.15) is 5.26 Å². The van der Waals surface area contributed by atoms with Crippen molar-refractivity contribution in [3.05, 3.63) is 58.2 Å². The smallest absolute Gasteiger partial charge is 0.132 e. The van der Waals surface area contributed by atoms with Gasteiger partial charge in [0.25, 0.3) is 0 Å². The van der Waals surface area contributed by atoms with Gasteiger partial charge in [0.2, 0.25) is 0 Å². The van der Waals surface area contributed by atoms with Crippen LogP contribution in [0.15, 0.2) is 30.3 Å². The van der Waals surface area contributed by atoms with Crippen molar-refractivity contribution in [2.75, 3.05) is 5.32 Å². The number of pyridine rings is 1. The van der Waals surface area contributed by atoms with Crippen molar-refractivity contribution in [2.24, 2.45) is 0 Å². The summed E-state index contributed by atoms with van der Waals surface area (Å²) in [6.07, 6.45) is 0. The first-order valence-electron chi connectivity index (χ1n) is 5.34. The Bertz CT molecular complexity index is 653. The van der Waals surface area contributed by atoms with E-state index < -0.39 is 11.6 Å². The SMILES string of the molecule is N#Cc1cc(Cl)nc(NCc2ccc(F)cc2F)c1. The normalized spacial score (nSPS) is 10.0. The van der Waals surface area contributed by atoms with Gasteiger partial charge < -0.3 is 5.32 Å². The Hall–Kier alpha value is -2.19. The van der Waals surface area contributed by atoms with Crippen LogP contribution in [-0.2, 0) is 6.54 Å². The highest BCUT2D eigenvalue weighted by molar-refractivity contribution is 6.29. The molecule has 0 radical (unpaired) electrons. The summed E-state index contributed by atoms with van der Waals surface area (Å²) in [5.41, 5.74) is 0.642. The third kappa shape index (κ3) is 3.39. The minimum Gasteiger partial charge on any atom is -0.366 e. The van der Waals surface area contributed by atoms with Crippen LogP contribution in [-0.4, -0.2) is 4.98 Å². The molecule has 1 heterocycles. The Morgan fingerprint density at radius 1 is 1.26 bits per heavy atom. The van der Waals surface area contributed by atoms with Gasteiger partial charge in [-0.1, -0.05) is 17.7 Å². The van der Waals surface area contributed by atoms with E-state index in [2.05, 4.69) is 10.3 Å². The Morgan fingerprint density at radius 3 is 2.74 bits per heavy atom. The van der Waals surface area contributed by atoms with Crippen LogP contribution in [0, 0.1) is 23.0 Å². The molecule has 0 aliphatic rings. The minimum atomic E-state index is -0.643. The van der Waals surface area contributed by atoms with Crippen molar-refractivity contribution in [2.45, 2.75) is 6.54 Å². The van der Waals surface area contributed by atoms with E-state index >= 15 is 0 Å². The number of nitrogens with one attached hydrogen (secondary N) is 1. The second kappa shape index (κ2) is 5.63. The Balaban J connectivity index is 2.14. The molecule has 0 bridgehead atoms. The van der Waals surface area contributed by atoms with Crippen LogP contribution in [0.1, 0.15) is 11.1 Å². The number of hydrogen-bond donors (Lipinski definition) is 1. The molecule has 0 saturated carbocycles. The zero-order valence-corrected chi connectivity index (χ0v) is 10.4. The zero-order chi connectivity index (χ0) is 13.8. The van der Waals surface area contributed by atoms with Crippen molar-refractivity contribution >= 4 is 17.4 Å². The van der Waals surface area contributed by atoms with E-state index in [1.165, 1.54) is 24.3 Å². The third-order valence-corrected chi connectivity index (χ3v) is 2.59. The quantitative estimate of drug-likeness (QED) is 0.875. The molecule has 96 valence electrons. The Kier molecular flexibility index (Phi) is 3.93. The van der Waals surface area contributed by atoms with E-state index in [1.807, 2.05) is 6.07 Å². The maximum Gasteiger partial charge on any atom is 0.132 e. The van der Waals surface area contributed by atoms with E-state index in [0.29, 0.717) is 16.9 Å². The molecule has 19 heavy (non-hydrogen) atoms. The number of nitrogens with zero attached hydrogens (tertiary/aromatic N) is 2. The molecule has 0 saturated heterocycles. The Morgan fingerprint density at radius 2 is 2.05 bits per heavy atom. The molecule has 0 fully saturated rings. The lowest BCUT2D eigenvalue weighted by atomic mass is 10.2. The van der Waals surface area contributed by atoms with Gasteiger partial charge in [-0.15, -0.1) is 0 Å². The van der Waals surface area contributed by atoms with Gasteiger partial charge >= 0.3 is 0 Å². The summed E-state index contributed by atoms with van der Waals surface area (Å²) in [7, 11) is 0. The number of halogens is 3. The van der Waals surface area contributed by atoms with Crippen LogP contribution in [0.2, 0.25) is 5.15 Å². The van der Waals surface area contributed by atoms with Gasteiger partial charge in [-0.05, 0) is 18.2 Å². The monoisotopic (exact) mass is 279 g/mol. The van der Waals surface area contributed by atoms with Crippen LogP contribution in [0.25, 0.3) is 0 Å². The largest absolute Gasteiger partial charge is 0.366 e. The highest BCUT2D eigenvalue weighted by Gasteiger charge is 2.05. The summed E-state index contributed by atoms with van der Waals surface area (Å²) in [5, 5.41) is 11.8. The summed E-state index contributed by atoms with van der Waals surface area (Å²) in [4.78, 5) is 3.95. The molecule has 0 unspecified atom stereocenters. The number of anilines is 1. The highest BCUT2D eigenvalue weighted by atomic mass is 35.5. The molecule has 0 aliphatic carbocycles. The third-order valence-electron chi connectivity index (χ3n) is 2.40. The fraction of sp³-hybridized carbons (Fsp3) is 0.0769. The topological polar surface area (TPSA) is 48.7 Å². The van der Waals surface area contributed by atoms with Crippen LogP contribution >= 0.6 is 11.6 Å². The van der Waals surface area contributed by atoms with Gasteiger partial charge in [0.1, 0.15) is 22.6 Å². The summed E-state index contributed by atoms with van der Waals surface area (Å²) in [6.45, 7) is 0.115. The first kappa shape index (κ1) is 13.2. The first-order valence-corrected chi connectivity index (χ1v) is 5.72. The summed E-state index contributed by atoms with van der Waals surface area (Å²) in [5.74, 6) is -0.920. The van der Waals surface area contributed by atoms with Crippen molar-refractivity contribution in [1.29, 1.82) is 5.26 Å². The number of benzene rings is 1. The maximum absolute atomic E-state index is 13.4. The fourth-order valence-corrected chi connectivity index (χ4v) is 1.71. The summed E-state index contributed by atoms with van der Waals surface area (Å²) < 4.78 is 26.1. The van der Waals surface area contributed by atoms with E-state index in [9.17, 15) is 8.78 Å². The number of hydrogen-bond acceptors (Lipinski definition) is 3. The number of aromatic nitrogens is 1. The summed E-state index contributed by atoms with van der Waals surface area (Å²) >= 11 is 5.74. The van der Waals surface area contributed by atoms with Gasteiger partial charge in [0.05, 0.1) is 11.6 Å². The second-order valence-corrected chi connectivity index (χ2v) is 4.15. The van der Waals surface area contributed by atoms with Gasteiger partial charge in [0, 0.05) is 18.2 Å². The van der Waals surface area contributed by atoms with Crippen LogP contribution in [0.4, 0.5) is 14.6 Å². The van der Waals surface area contributed by atoms with Gasteiger partial charge in [0.15, 0.2) is 0 Å². The fourth-order valence-electron chi connectivity index (χ4n) is 1.50. The van der Waals surface area contributed by atoms with Crippen LogP contribution in [0.5, 0.6) is 0 Å². The lowest BCUT2D eigenvalue weighted by molar-refractivity contribution is 0.574. The number of nitriles is 1. The van der Waals surface area contributed by atoms with Crippen LogP contribution in [0.3, 0.4) is 0 Å². The second-order valence-electron chi connectivity index (χ2n) is 3.76. The molecule has 1 aromatic heterocycles. The zero-order valence-electron chi connectivity index (χ0n) is 9.62. The molecular formula is C13H8ClF2N3. The molecule has 6 heteroatoms. The van der Waals surface area contributed by atoms with Gasteiger partial charge in [-0.25, -0.2) is 13.8 Å². The average Bonchev–Trinajstić information content (AvgIpc) is 2.37. The molecule has 0 amide bonds. The first-order chi connectivity index (χ1) is 9.08. The standard InChI is InChI=1S/C13H8ClF2N3/c14-12-3-8(6-17)4-13(19-12)18-7-9-1-2-10(15)5-11(9)16/h1-5H,7H2,(H,18,19). The molecule has 3 nitrogen and oxygen atoms in total. The van der Waals surface area contributed by atoms with E-state index in [0.717, 1.165) is 6.07 Å². The molecule has 2 rings (SSSR count). The van der Waals surface area contributed by atoms with Crippen molar-refractivity contribution < 1.29 is 8.78 Å². The maximum atomic E-state index is 13.4. The van der Waals surface area contributed by atoms with E-state index in [1.54, 1.807) is 0 Å².